The molecule has 0 aromatic carbocycles. The van der Waals surface area contributed by atoms with Crippen molar-refractivity contribution in [2.24, 2.45) is 5.92 Å². The lowest BCUT2D eigenvalue weighted by molar-refractivity contribution is -0.495. The Labute approximate surface area is 137 Å². The predicted octanol–water partition coefficient (Wildman–Crippen LogP) is 1.25. The quantitative estimate of drug-likeness (QED) is 0.826. The zero-order valence-corrected chi connectivity index (χ0v) is 13.5. The van der Waals surface area contributed by atoms with Crippen LogP contribution >= 0.6 is 0 Å². The molecule has 126 valence electrons. The van der Waals surface area contributed by atoms with E-state index in [1.54, 1.807) is 18.5 Å². The van der Waals surface area contributed by atoms with Gasteiger partial charge in [-0.05, 0) is 32.6 Å². The summed E-state index contributed by atoms with van der Waals surface area (Å²) in [7, 11) is 0. The van der Waals surface area contributed by atoms with Crippen molar-refractivity contribution in [2.45, 2.75) is 38.1 Å². The summed E-state index contributed by atoms with van der Waals surface area (Å²) in [5.41, 5.74) is 1.30. The third-order valence-electron chi connectivity index (χ3n) is 4.69. The van der Waals surface area contributed by atoms with Crippen molar-refractivity contribution in [3.05, 3.63) is 40.4 Å². The fourth-order valence-corrected chi connectivity index (χ4v) is 3.39. The first kappa shape index (κ1) is 15.0. The number of halogens is 1. The molecule has 1 saturated carbocycles. The molecule has 2 heterocycles. The number of fused-ring (bicyclic) bond motifs is 3. The zero-order valence-electron chi connectivity index (χ0n) is 13.5. The van der Waals surface area contributed by atoms with Crippen molar-refractivity contribution in [3.63, 3.8) is 0 Å². The van der Waals surface area contributed by atoms with Crippen LogP contribution in [0.15, 0.2) is 18.6 Å². The van der Waals surface area contributed by atoms with Crippen LogP contribution in [-0.4, -0.2) is 32.9 Å². The lowest BCUT2D eigenvalue weighted by atomic mass is 10.1. The summed E-state index contributed by atoms with van der Waals surface area (Å²) in [6.45, 7) is 2.60. The fraction of sp³-hybridized carbons (Fsp3) is 0.500. The minimum Gasteiger partial charge on any atom is -0.343 e. The molecule has 0 radical (unpaired) electrons. The monoisotopic (exact) mass is 332 g/mol. The van der Waals surface area contributed by atoms with E-state index >= 15 is 0 Å². The third kappa shape index (κ3) is 2.33. The molecule has 1 fully saturated rings. The van der Waals surface area contributed by atoms with Crippen molar-refractivity contribution in [3.8, 4) is 5.82 Å². The fourth-order valence-electron chi connectivity index (χ4n) is 3.39. The number of nitrogens with one attached hydrogen (secondary N) is 2. The molecule has 4 rings (SSSR count). The first-order chi connectivity index (χ1) is 11.4. The molecule has 2 aromatic heterocycles. The average molecular weight is 332 g/mol. The molecule has 7 nitrogen and oxygen atoms in total. The smallest absolute Gasteiger partial charge is 0.272 e. The van der Waals surface area contributed by atoms with Crippen molar-refractivity contribution < 1.29 is 13.6 Å². The van der Waals surface area contributed by atoms with Gasteiger partial charge in [0.05, 0.1) is 21.9 Å². The summed E-state index contributed by atoms with van der Waals surface area (Å²) in [4.78, 5) is 27.1. The molecule has 8 heteroatoms. The highest BCUT2D eigenvalue weighted by atomic mass is 19.1. The Morgan fingerprint density at radius 3 is 3.08 bits per heavy atom. The number of rotatable bonds is 4. The molecule has 0 saturated heterocycles. The van der Waals surface area contributed by atoms with Crippen molar-refractivity contribution in [1.29, 1.82) is 0 Å². The average Bonchev–Trinajstić information content (AvgIpc) is 3.03. The summed E-state index contributed by atoms with van der Waals surface area (Å²) >= 11 is 0. The van der Waals surface area contributed by atoms with Crippen molar-refractivity contribution >= 4 is 5.91 Å². The van der Waals surface area contributed by atoms with Crippen LogP contribution in [0.2, 0.25) is 0 Å². The van der Waals surface area contributed by atoms with E-state index < -0.39 is 12.2 Å². The van der Waals surface area contributed by atoms with Gasteiger partial charge in [0.2, 0.25) is 12.0 Å². The number of carbonyl (C=O) groups excluding carboxylic acids is 1. The van der Waals surface area contributed by atoms with E-state index in [1.165, 1.54) is 18.6 Å². The molecule has 2 atom stereocenters. The maximum Gasteiger partial charge on any atom is 0.272 e. The maximum absolute atomic E-state index is 13.0. The SMILES string of the molecule is CC(C)(CF)NC(=O)c1nn(-c2c[n+](=O)cc[nH]2)c2c1CC1CC21. The lowest BCUT2D eigenvalue weighted by Crippen LogP contribution is -2.45. The second-order valence-electron chi connectivity index (χ2n) is 7.24. The van der Waals surface area contributed by atoms with Gasteiger partial charge in [-0.2, -0.15) is 5.10 Å². The second-order valence-corrected chi connectivity index (χ2v) is 7.24. The molecule has 2 aliphatic rings. The molecule has 2 aromatic rings. The van der Waals surface area contributed by atoms with E-state index in [0.29, 0.717) is 27.8 Å². The van der Waals surface area contributed by atoms with E-state index in [4.69, 9.17) is 0 Å². The van der Waals surface area contributed by atoms with Crippen LogP contribution < -0.4 is 9.74 Å². The van der Waals surface area contributed by atoms with Crippen LogP contribution in [0.4, 0.5) is 4.39 Å². The lowest BCUT2D eigenvalue weighted by Gasteiger charge is -2.21. The van der Waals surface area contributed by atoms with Crippen molar-refractivity contribution in [1.82, 2.24) is 20.1 Å². The van der Waals surface area contributed by atoms with Crippen molar-refractivity contribution in [2.75, 3.05) is 6.67 Å². The predicted molar refractivity (Wildman–Crippen MR) is 83.4 cm³/mol. The van der Waals surface area contributed by atoms with Gasteiger partial charge in [0.1, 0.15) is 6.67 Å². The standard InChI is InChI=1S/C16H18FN5O2/c1-16(2,8-17)19-15(23)13-11-6-9-5-10(9)14(11)22(20-13)12-7-21(24)4-3-18-12/h3-4,7,9-10H,5-6,8H2,1-2H3,(H-,18,19,23,24)/p+1. The highest BCUT2D eigenvalue weighted by Gasteiger charge is 2.50. The Balaban J connectivity index is 1.78. The van der Waals surface area contributed by atoms with Crippen LogP contribution in [0.25, 0.3) is 5.82 Å². The maximum atomic E-state index is 13.0. The molecule has 2 aliphatic carbocycles. The molecule has 1 amide bonds. The number of hydrogen-bond acceptors (Lipinski definition) is 3. The second kappa shape index (κ2) is 4.99. The topological polar surface area (TPSA) is 85.7 Å². The van der Waals surface area contributed by atoms with Gasteiger partial charge >= 0.3 is 0 Å². The largest absolute Gasteiger partial charge is 0.343 e. The first-order valence-corrected chi connectivity index (χ1v) is 8.01. The Morgan fingerprint density at radius 2 is 2.38 bits per heavy atom. The Kier molecular flexibility index (Phi) is 3.13. The van der Waals surface area contributed by atoms with Gasteiger partial charge in [-0.15, -0.1) is 0 Å². The number of aromatic nitrogens is 4. The highest BCUT2D eigenvalue weighted by Crippen LogP contribution is 2.57. The van der Waals surface area contributed by atoms with Gasteiger partial charge in [0.25, 0.3) is 12.1 Å². The Bertz CT molecular complexity index is 885. The molecule has 2 N–H and O–H groups in total. The number of amides is 1. The number of nitrogens with zero attached hydrogens (tertiary/aromatic N) is 3. The number of alkyl halides is 1. The Hall–Kier alpha value is -2.51. The minimum absolute atomic E-state index is 0.327. The van der Waals surface area contributed by atoms with E-state index in [1.807, 2.05) is 0 Å². The molecular weight excluding hydrogens is 313 g/mol. The third-order valence-corrected chi connectivity index (χ3v) is 4.69. The van der Waals surface area contributed by atoms with E-state index in [0.717, 1.165) is 24.1 Å². The Morgan fingerprint density at radius 1 is 1.58 bits per heavy atom. The van der Waals surface area contributed by atoms with Crippen LogP contribution in [0.3, 0.4) is 0 Å². The molecular formula is C16H19FN5O2+. The molecule has 0 spiro atoms. The molecule has 0 bridgehead atoms. The summed E-state index contributed by atoms with van der Waals surface area (Å²) < 4.78 is 15.4. The van der Waals surface area contributed by atoms with Gasteiger partial charge in [-0.1, -0.05) is 0 Å². The number of hydrogen-bond donors (Lipinski definition) is 2. The van der Waals surface area contributed by atoms with Crippen LogP contribution in [-0.2, 0) is 6.42 Å². The zero-order chi connectivity index (χ0) is 17.1. The summed E-state index contributed by atoms with van der Waals surface area (Å²) in [6.07, 6.45) is 6.16. The summed E-state index contributed by atoms with van der Waals surface area (Å²) in [5.74, 6) is 1.07. The normalized spacial score (nSPS) is 21.3. The van der Waals surface area contributed by atoms with Crippen LogP contribution in [0.1, 0.15) is 47.9 Å². The number of carbonyl (C=O) groups is 1. The van der Waals surface area contributed by atoms with E-state index in [2.05, 4.69) is 15.4 Å². The number of aromatic amines is 1. The van der Waals surface area contributed by atoms with Gasteiger partial charge in [-0.25, -0.2) is 9.07 Å². The van der Waals surface area contributed by atoms with Gasteiger partial charge in [0.15, 0.2) is 5.69 Å². The summed E-state index contributed by atoms with van der Waals surface area (Å²) in [6, 6.07) is 0. The van der Waals surface area contributed by atoms with Gasteiger partial charge in [0, 0.05) is 16.4 Å². The molecule has 2 unspecified atom stereocenters. The van der Waals surface area contributed by atoms with Gasteiger partial charge < -0.3 is 10.3 Å². The van der Waals surface area contributed by atoms with Gasteiger partial charge in [-0.3, -0.25) is 4.79 Å². The molecule has 0 aliphatic heterocycles. The minimum atomic E-state index is -0.938. The summed E-state index contributed by atoms with van der Waals surface area (Å²) in [5, 5.41) is 7.13. The van der Waals surface area contributed by atoms with E-state index in [9.17, 15) is 14.1 Å². The molecule has 24 heavy (non-hydrogen) atoms. The first-order valence-electron chi connectivity index (χ1n) is 8.01. The van der Waals surface area contributed by atoms with Crippen LogP contribution in [0.5, 0.6) is 0 Å². The van der Waals surface area contributed by atoms with E-state index in [-0.39, 0.29) is 5.91 Å². The van der Waals surface area contributed by atoms with Crippen LogP contribution in [0, 0.1) is 10.8 Å². The highest BCUT2D eigenvalue weighted by molar-refractivity contribution is 5.95. The number of H-pyrrole nitrogens is 1.